The van der Waals surface area contributed by atoms with Crippen LogP contribution in [0.25, 0.3) is 0 Å². The van der Waals surface area contributed by atoms with E-state index in [0.29, 0.717) is 23.0 Å². The fourth-order valence-electron chi connectivity index (χ4n) is 8.62. The zero-order chi connectivity index (χ0) is 40.9. The molecule has 3 aliphatic rings. The summed E-state index contributed by atoms with van der Waals surface area (Å²) in [5, 5.41) is 30.2. The number of hydrogen-bond acceptors (Lipinski definition) is 4. The van der Waals surface area contributed by atoms with Gasteiger partial charge in [-0.3, -0.25) is 0 Å². The van der Waals surface area contributed by atoms with E-state index in [4.69, 9.17) is 4.74 Å². The van der Waals surface area contributed by atoms with E-state index >= 15 is 0 Å². The topological polar surface area (TPSA) is 69.9 Å². The molecule has 304 valence electrons. The number of phenolic OH excluding ortho intramolecular Hbond substituents is 3. The van der Waals surface area contributed by atoms with Crippen LogP contribution in [0.2, 0.25) is 0 Å². The average Bonchev–Trinajstić information content (AvgIpc) is 3.06. The number of hydrogen-bond donors (Lipinski definition) is 3. The molecular weight excluding hydrogens is 868 g/mol. The molecule has 0 saturated carbocycles. The average molecular weight is 940 g/mol. The maximum absolute atomic E-state index is 10.2. The second-order valence-electron chi connectivity index (χ2n) is 19.8. The smallest absolute Gasteiger partial charge is 0.164 e. The van der Waals surface area contributed by atoms with Crippen molar-refractivity contribution in [3.05, 3.63) is 78.8 Å². The Balaban J connectivity index is 0.000000271. The summed E-state index contributed by atoms with van der Waals surface area (Å²) in [4.78, 5) is 0. The van der Waals surface area contributed by atoms with Crippen LogP contribution < -0.4 is 4.74 Å². The van der Waals surface area contributed by atoms with Gasteiger partial charge in [-0.2, -0.15) is 0 Å². The van der Waals surface area contributed by atoms with Crippen molar-refractivity contribution < 1.29 is 20.1 Å². The first-order valence-electron chi connectivity index (χ1n) is 19.0. The number of benzene rings is 3. The molecule has 0 unspecified atom stereocenters. The van der Waals surface area contributed by atoms with E-state index in [1.807, 2.05) is 26.8 Å². The molecule has 0 heterocycles. The van der Waals surface area contributed by atoms with Gasteiger partial charge in [-0.1, -0.05) is 109 Å². The molecule has 3 aromatic rings. The van der Waals surface area contributed by atoms with Crippen LogP contribution in [0.4, 0.5) is 0 Å². The molecule has 3 aromatic carbocycles. The van der Waals surface area contributed by atoms with Crippen molar-refractivity contribution in [3.8, 4) is 23.0 Å². The normalized spacial score (nSPS) is 19.9. The zero-order valence-corrected chi connectivity index (χ0v) is 40.2. The fourth-order valence-corrected chi connectivity index (χ4v) is 9.69. The second-order valence-corrected chi connectivity index (χ2v) is 20.6. The molecule has 0 saturated heterocycles. The molecule has 0 aliphatic heterocycles. The van der Waals surface area contributed by atoms with Crippen molar-refractivity contribution in [1.29, 1.82) is 0 Å². The summed E-state index contributed by atoms with van der Waals surface area (Å²) in [5.74, 6) is 1.80. The Kier molecular flexibility index (Phi) is 15.3. The maximum atomic E-state index is 10.2. The summed E-state index contributed by atoms with van der Waals surface area (Å²) in [6, 6.07) is 8.45. The lowest BCUT2D eigenvalue weighted by Gasteiger charge is -2.42. The van der Waals surface area contributed by atoms with Crippen LogP contribution in [-0.4, -0.2) is 22.4 Å². The molecule has 0 fully saturated rings. The van der Waals surface area contributed by atoms with Gasteiger partial charge in [0.2, 0.25) is 0 Å². The Morgan fingerprint density at radius 3 is 1.22 bits per heavy atom. The zero-order valence-electron chi connectivity index (χ0n) is 35.4. The van der Waals surface area contributed by atoms with Crippen molar-refractivity contribution in [2.75, 3.05) is 7.11 Å². The number of aromatic hydroxyl groups is 3. The van der Waals surface area contributed by atoms with E-state index in [9.17, 15) is 15.3 Å². The summed E-state index contributed by atoms with van der Waals surface area (Å²) in [5.41, 5.74) is 11.7. The monoisotopic (exact) mass is 936 g/mol. The molecule has 0 bridgehead atoms. The number of fused-ring (bicyclic) bond motifs is 3. The first-order chi connectivity index (χ1) is 24.1. The van der Waals surface area contributed by atoms with Crippen LogP contribution in [0.15, 0.2) is 28.7 Å². The molecule has 54 heavy (non-hydrogen) atoms. The van der Waals surface area contributed by atoms with Gasteiger partial charge in [0.25, 0.3) is 0 Å². The molecule has 3 aliphatic carbocycles. The Morgan fingerprint density at radius 2 is 0.796 bits per heavy atom. The number of halogens is 3. The number of aryl methyl sites for hydroxylation is 3. The molecule has 7 heteroatoms. The minimum atomic E-state index is 0. The van der Waals surface area contributed by atoms with Gasteiger partial charge in [-0.05, 0) is 158 Å². The third kappa shape index (κ3) is 9.52. The first kappa shape index (κ1) is 48.4. The summed E-state index contributed by atoms with van der Waals surface area (Å²) in [6.45, 7) is 33.2. The molecule has 0 atom stereocenters. The van der Waals surface area contributed by atoms with Crippen LogP contribution in [0.1, 0.15) is 179 Å². The Morgan fingerprint density at radius 1 is 0.481 bits per heavy atom. The minimum absolute atomic E-state index is 0. The second kappa shape index (κ2) is 17.0. The molecule has 3 N–H and O–H groups in total. The van der Waals surface area contributed by atoms with Crippen molar-refractivity contribution in [1.82, 2.24) is 0 Å². The summed E-state index contributed by atoms with van der Waals surface area (Å²) in [7, 11) is 1.65. The Labute approximate surface area is 353 Å². The van der Waals surface area contributed by atoms with Crippen LogP contribution in [0.5, 0.6) is 23.0 Å². The minimum Gasteiger partial charge on any atom is -0.508 e. The Bertz CT molecular complexity index is 1770. The highest BCUT2D eigenvalue weighted by atomic mass is 80.9. The van der Waals surface area contributed by atoms with Gasteiger partial charge in [0.15, 0.2) is 11.5 Å². The van der Waals surface area contributed by atoms with Crippen molar-refractivity contribution in [2.24, 2.45) is 0 Å². The lowest BCUT2D eigenvalue weighted by atomic mass is 9.62. The number of methoxy groups -OCH3 is 1. The molecule has 0 aromatic heterocycles. The van der Waals surface area contributed by atoms with Crippen LogP contribution in [-0.2, 0) is 32.5 Å². The van der Waals surface area contributed by atoms with E-state index in [2.05, 4.69) is 145 Å². The van der Waals surface area contributed by atoms with Gasteiger partial charge in [-0.15, -0.1) is 0 Å². The van der Waals surface area contributed by atoms with Crippen molar-refractivity contribution >= 4 is 44.2 Å². The molecule has 0 radical (unpaired) electrons. The summed E-state index contributed by atoms with van der Waals surface area (Å²) >= 11 is 9.09. The SMILES string of the molecule is BrBr.C.COc1c(O)c(C)cc2c1C(C)(C)CCC2(C)C.Cc1cc2c(c(Br)c1O)C(C)(C)CCC2(C)C.Cc1cc2c(cc1O)C(C)(C)CCC2(C)C. The van der Waals surface area contributed by atoms with Crippen LogP contribution in [0, 0.1) is 20.8 Å². The highest BCUT2D eigenvalue weighted by molar-refractivity contribution is 9.93. The van der Waals surface area contributed by atoms with Gasteiger partial charge in [0.05, 0.1) is 11.6 Å². The molecule has 4 nitrogen and oxygen atoms in total. The van der Waals surface area contributed by atoms with Gasteiger partial charge in [0, 0.05) is 33.8 Å². The van der Waals surface area contributed by atoms with Crippen molar-refractivity contribution in [2.45, 2.75) is 182 Å². The van der Waals surface area contributed by atoms with E-state index in [1.165, 1.54) is 59.1 Å². The molecule has 0 spiro atoms. The predicted molar refractivity (Wildman–Crippen MR) is 243 cm³/mol. The van der Waals surface area contributed by atoms with Gasteiger partial charge in [0.1, 0.15) is 11.5 Å². The van der Waals surface area contributed by atoms with E-state index < -0.39 is 0 Å². The number of phenols is 3. The summed E-state index contributed by atoms with van der Waals surface area (Å²) < 4.78 is 6.40. The molecule has 6 rings (SSSR count). The summed E-state index contributed by atoms with van der Waals surface area (Å²) in [6.07, 6.45) is 7.05. The fraction of sp³-hybridized carbons (Fsp3) is 0.617. The predicted octanol–water partition coefficient (Wildman–Crippen LogP) is 15.2. The lowest BCUT2D eigenvalue weighted by Crippen LogP contribution is -2.34. The largest absolute Gasteiger partial charge is 0.508 e. The third-order valence-corrected chi connectivity index (χ3v) is 13.6. The van der Waals surface area contributed by atoms with E-state index in [1.54, 1.807) is 7.11 Å². The quantitative estimate of drug-likeness (QED) is 0.227. The van der Waals surface area contributed by atoms with Gasteiger partial charge >= 0.3 is 0 Å². The highest BCUT2D eigenvalue weighted by Crippen LogP contribution is 2.54. The Hall–Kier alpha value is -1.70. The maximum Gasteiger partial charge on any atom is 0.164 e. The first-order valence-corrected chi connectivity index (χ1v) is 23.6. The van der Waals surface area contributed by atoms with Crippen LogP contribution >= 0.6 is 44.2 Å². The van der Waals surface area contributed by atoms with E-state index in [0.717, 1.165) is 34.0 Å². The standard InChI is InChI=1S/C16H24O2.C15H21BrO.C15H22O.CH4.Br2/c1-10-9-11-12(14(18-6)13(10)17)16(4,5)8-7-15(11,2)3;1-9-8-10-11(12(16)13(9)17)15(4,5)7-6-14(10,2)3;1-10-8-11-12(9-13(10)16)15(4,5)7-6-14(11,2)3;;1-2/h9,17H,7-8H2,1-6H3;8,17H,6-7H2,1-5H3;8-9,16H,6-7H2,1-5H3;1H4;. The number of ether oxygens (including phenoxy) is 1. The van der Waals surface area contributed by atoms with Gasteiger partial charge < -0.3 is 20.1 Å². The highest BCUT2D eigenvalue weighted by Gasteiger charge is 2.42. The number of rotatable bonds is 1. The van der Waals surface area contributed by atoms with Crippen LogP contribution in [0.3, 0.4) is 0 Å². The third-order valence-electron chi connectivity index (χ3n) is 12.8. The molecular formula is C47H71Br3O4. The molecule has 0 amide bonds. The van der Waals surface area contributed by atoms with E-state index in [-0.39, 0.29) is 39.9 Å². The lowest BCUT2D eigenvalue weighted by molar-refractivity contribution is 0.302. The van der Waals surface area contributed by atoms with Gasteiger partial charge in [-0.25, -0.2) is 0 Å². The van der Waals surface area contributed by atoms with Crippen molar-refractivity contribution in [3.63, 3.8) is 0 Å².